The predicted octanol–water partition coefficient (Wildman–Crippen LogP) is 7.98. The van der Waals surface area contributed by atoms with E-state index in [2.05, 4.69) is 52.8 Å². The molecular formula is C30H48O2. The van der Waals surface area contributed by atoms with Crippen LogP contribution in [0.2, 0.25) is 0 Å². The van der Waals surface area contributed by atoms with Gasteiger partial charge in [-0.3, -0.25) is 4.79 Å². The maximum atomic E-state index is 11.4. The minimum atomic E-state index is -0.116. The van der Waals surface area contributed by atoms with Gasteiger partial charge in [0.05, 0.1) is 0 Å². The molecular weight excluding hydrogens is 392 g/mol. The summed E-state index contributed by atoms with van der Waals surface area (Å²) in [4.78, 5) is 11.4. The van der Waals surface area contributed by atoms with Gasteiger partial charge in [-0.05, 0) is 104 Å². The first-order valence-electron chi connectivity index (χ1n) is 13.8. The summed E-state index contributed by atoms with van der Waals surface area (Å²) < 4.78 is 5.58. The van der Waals surface area contributed by atoms with Crippen molar-refractivity contribution >= 4 is 5.97 Å². The second kappa shape index (κ2) is 9.67. The van der Waals surface area contributed by atoms with Gasteiger partial charge in [0, 0.05) is 13.3 Å². The Balaban J connectivity index is 1.45. The summed E-state index contributed by atoms with van der Waals surface area (Å²) in [5, 5.41) is 0. The fraction of sp³-hybridized carbons (Fsp3) is 0.833. The number of ether oxygens (including phenoxy) is 1. The van der Waals surface area contributed by atoms with Gasteiger partial charge in [0.1, 0.15) is 6.10 Å². The highest BCUT2D eigenvalue weighted by molar-refractivity contribution is 5.66. The molecule has 0 unspecified atom stereocenters. The molecule has 0 aromatic rings. The molecule has 0 heterocycles. The van der Waals surface area contributed by atoms with Crippen LogP contribution in [0.5, 0.6) is 0 Å². The monoisotopic (exact) mass is 440 g/mol. The van der Waals surface area contributed by atoms with Crippen molar-refractivity contribution in [3.8, 4) is 0 Å². The first-order valence-corrected chi connectivity index (χ1v) is 13.8. The van der Waals surface area contributed by atoms with E-state index in [4.69, 9.17) is 4.74 Å². The smallest absolute Gasteiger partial charge is 0.302 e. The summed E-state index contributed by atoms with van der Waals surface area (Å²) in [6, 6.07) is 0. The molecule has 4 aliphatic rings. The lowest BCUT2D eigenvalue weighted by molar-refractivity contribution is -0.147. The summed E-state index contributed by atoms with van der Waals surface area (Å²) in [6.07, 6.45) is 19.3. The van der Waals surface area contributed by atoms with Gasteiger partial charge in [-0.2, -0.15) is 0 Å². The standard InChI is InChI=1S/C30H48O2/c1-7-22(19(2)3)9-8-20(4)28-14-15-29-27-12-10-23-18-24(32-21(5)31)11-13-25(23)26(27)16-17-30(28,29)6/h8-10,19-20,22,24-29H,7,11-18H2,1-6H3/b9-8-/t20-,22+,24-,25-,26+,27-,28+,29-,30+/m0/s1. The van der Waals surface area contributed by atoms with Gasteiger partial charge in [-0.15, -0.1) is 0 Å². The molecule has 0 bridgehead atoms. The highest BCUT2D eigenvalue weighted by Crippen LogP contribution is 2.64. The van der Waals surface area contributed by atoms with Crippen molar-refractivity contribution in [3.63, 3.8) is 0 Å². The molecule has 0 aromatic heterocycles. The van der Waals surface area contributed by atoms with Crippen LogP contribution in [0.4, 0.5) is 0 Å². The lowest BCUT2D eigenvalue weighted by Crippen LogP contribution is -2.47. The zero-order chi connectivity index (χ0) is 23.0. The molecule has 0 saturated heterocycles. The van der Waals surface area contributed by atoms with Crippen molar-refractivity contribution in [1.82, 2.24) is 0 Å². The SMILES string of the molecule is CC[C@H](/C=C\[C@H](C)[C@H]1CC[C@H]2[C@H]3CC=C4C[C@@H](OC(C)=O)CC[C@@H]4[C@H]3CC[C@]12C)C(C)C. The number of hydrogen-bond acceptors (Lipinski definition) is 2. The average Bonchev–Trinajstić information content (AvgIpc) is 3.10. The summed E-state index contributed by atoms with van der Waals surface area (Å²) in [5.41, 5.74) is 2.14. The second-order valence-corrected chi connectivity index (χ2v) is 12.4. The predicted molar refractivity (Wildman–Crippen MR) is 133 cm³/mol. The van der Waals surface area contributed by atoms with E-state index in [1.165, 1.54) is 44.9 Å². The Hall–Kier alpha value is -1.05. The molecule has 2 nitrogen and oxygen atoms in total. The Morgan fingerprint density at radius 1 is 1.12 bits per heavy atom. The van der Waals surface area contributed by atoms with Gasteiger partial charge in [0.2, 0.25) is 0 Å². The Bertz CT molecular complexity index is 733. The van der Waals surface area contributed by atoms with Crippen LogP contribution >= 0.6 is 0 Å². The second-order valence-electron chi connectivity index (χ2n) is 12.4. The molecule has 0 N–H and O–H groups in total. The van der Waals surface area contributed by atoms with Crippen molar-refractivity contribution in [1.29, 1.82) is 0 Å². The number of hydrogen-bond donors (Lipinski definition) is 0. The van der Waals surface area contributed by atoms with E-state index < -0.39 is 0 Å². The van der Waals surface area contributed by atoms with E-state index in [-0.39, 0.29) is 12.1 Å². The first-order chi connectivity index (χ1) is 15.2. The quantitative estimate of drug-likeness (QED) is 0.309. The molecule has 0 aliphatic heterocycles. The zero-order valence-electron chi connectivity index (χ0n) is 21.6. The van der Waals surface area contributed by atoms with E-state index in [0.717, 1.165) is 54.3 Å². The highest BCUT2D eigenvalue weighted by atomic mass is 16.5. The topological polar surface area (TPSA) is 26.3 Å². The molecule has 32 heavy (non-hydrogen) atoms. The molecule has 0 spiro atoms. The van der Waals surface area contributed by atoms with Crippen LogP contribution in [-0.2, 0) is 9.53 Å². The van der Waals surface area contributed by atoms with Gasteiger partial charge in [0.25, 0.3) is 0 Å². The van der Waals surface area contributed by atoms with Crippen LogP contribution in [0.25, 0.3) is 0 Å². The number of fused-ring (bicyclic) bond motifs is 5. The Kier molecular flexibility index (Phi) is 7.28. The highest BCUT2D eigenvalue weighted by Gasteiger charge is 2.56. The molecule has 4 rings (SSSR count). The van der Waals surface area contributed by atoms with Crippen LogP contribution < -0.4 is 0 Å². The third-order valence-electron chi connectivity index (χ3n) is 10.4. The van der Waals surface area contributed by atoms with Gasteiger partial charge in [-0.1, -0.05) is 58.4 Å². The number of carbonyl (C=O) groups excluding carboxylic acids is 1. The normalized spacial score (nSPS) is 40.9. The number of allylic oxidation sites excluding steroid dienone is 3. The van der Waals surface area contributed by atoms with Crippen LogP contribution in [0.15, 0.2) is 23.8 Å². The molecule has 3 fully saturated rings. The average molecular weight is 441 g/mol. The molecule has 0 amide bonds. The van der Waals surface area contributed by atoms with Gasteiger partial charge in [0.15, 0.2) is 0 Å². The fourth-order valence-corrected chi connectivity index (χ4v) is 8.76. The zero-order valence-corrected chi connectivity index (χ0v) is 21.6. The van der Waals surface area contributed by atoms with Gasteiger partial charge < -0.3 is 4.74 Å². The summed E-state index contributed by atoms with van der Waals surface area (Å²) in [5.74, 6) is 6.31. The largest absolute Gasteiger partial charge is 0.462 e. The van der Waals surface area contributed by atoms with Gasteiger partial charge >= 0.3 is 5.97 Å². The summed E-state index contributed by atoms with van der Waals surface area (Å²) in [6.45, 7) is 13.8. The number of rotatable bonds is 6. The van der Waals surface area contributed by atoms with E-state index in [1.54, 1.807) is 12.5 Å². The van der Waals surface area contributed by atoms with E-state index in [9.17, 15) is 4.79 Å². The summed E-state index contributed by atoms with van der Waals surface area (Å²) in [7, 11) is 0. The number of carbonyl (C=O) groups is 1. The van der Waals surface area contributed by atoms with Crippen LogP contribution in [0.1, 0.15) is 99.3 Å². The van der Waals surface area contributed by atoms with Crippen molar-refractivity contribution in [2.24, 2.45) is 52.8 Å². The number of esters is 1. The molecule has 0 aromatic carbocycles. The third kappa shape index (κ3) is 4.49. The van der Waals surface area contributed by atoms with Crippen molar-refractivity contribution in [2.45, 2.75) is 105 Å². The van der Waals surface area contributed by atoms with Crippen molar-refractivity contribution < 1.29 is 9.53 Å². The molecule has 180 valence electrons. The lowest BCUT2D eigenvalue weighted by Gasteiger charge is -2.54. The van der Waals surface area contributed by atoms with E-state index in [1.807, 2.05) is 0 Å². The molecule has 9 atom stereocenters. The fourth-order valence-electron chi connectivity index (χ4n) is 8.76. The van der Waals surface area contributed by atoms with Crippen LogP contribution in [0.3, 0.4) is 0 Å². The first kappa shape index (κ1) is 24.1. The third-order valence-corrected chi connectivity index (χ3v) is 10.4. The lowest BCUT2D eigenvalue weighted by atomic mass is 9.51. The van der Waals surface area contributed by atoms with Crippen molar-refractivity contribution in [2.75, 3.05) is 0 Å². The minimum absolute atomic E-state index is 0.116. The molecule has 0 radical (unpaired) electrons. The van der Waals surface area contributed by atoms with Crippen LogP contribution in [-0.4, -0.2) is 12.1 Å². The van der Waals surface area contributed by atoms with E-state index in [0.29, 0.717) is 11.3 Å². The van der Waals surface area contributed by atoms with E-state index >= 15 is 0 Å². The Morgan fingerprint density at radius 2 is 1.91 bits per heavy atom. The summed E-state index contributed by atoms with van der Waals surface area (Å²) >= 11 is 0. The molecule has 2 heteroatoms. The maximum absolute atomic E-state index is 11.4. The Morgan fingerprint density at radius 3 is 2.59 bits per heavy atom. The van der Waals surface area contributed by atoms with Gasteiger partial charge in [-0.25, -0.2) is 0 Å². The maximum Gasteiger partial charge on any atom is 0.302 e. The minimum Gasteiger partial charge on any atom is -0.462 e. The Labute approximate surface area is 197 Å². The molecule has 3 saturated carbocycles. The van der Waals surface area contributed by atoms with Crippen LogP contribution in [0, 0.1) is 52.8 Å². The van der Waals surface area contributed by atoms with Crippen molar-refractivity contribution in [3.05, 3.63) is 23.8 Å². The molecule has 4 aliphatic carbocycles.